The van der Waals surface area contributed by atoms with Crippen molar-refractivity contribution >= 4 is 74.7 Å². The Morgan fingerprint density at radius 2 is 1.83 bits per heavy atom. The molecule has 1 aliphatic heterocycles. The zero-order valence-electron chi connectivity index (χ0n) is 15.1. The molecular weight excluding hydrogens is 629 g/mol. The van der Waals surface area contributed by atoms with Crippen molar-refractivity contribution in [2.45, 2.75) is 19.8 Å². The maximum atomic E-state index is 13.5. The van der Waals surface area contributed by atoms with Crippen LogP contribution in [0.1, 0.15) is 30.9 Å². The third-order valence-electron chi connectivity index (χ3n) is 3.93. The number of halogens is 5. The Morgan fingerprint density at radius 1 is 1.17 bits per heavy atom. The highest BCUT2D eigenvalue weighted by atomic mass is 127. The lowest BCUT2D eigenvalue weighted by atomic mass is 10.2. The van der Waals surface area contributed by atoms with E-state index in [1.807, 2.05) is 12.1 Å². The normalized spacial score (nSPS) is 14.9. The van der Waals surface area contributed by atoms with Gasteiger partial charge in [-0.1, -0.05) is 24.9 Å². The van der Waals surface area contributed by atoms with Crippen LogP contribution in [-0.2, 0) is 9.53 Å². The van der Waals surface area contributed by atoms with Crippen molar-refractivity contribution < 1.29 is 23.0 Å². The van der Waals surface area contributed by atoms with Crippen molar-refractivity contribution in [2.24, 2.45) is 4.99 Å². The zero-order valence-corrected chi connectivity index (χ0v) is 20.1. The summed E-state index contributed by atoms with van der Waals surface area (Å²) in [6, 6.07) is 5.39. The number of aliphatic imine (C=N–C) groups is 1. The summed E-state index contributed by atoms with van der Waals surface area (Å²) < 4.78 is 39.5. The van der Waals surface area contributed by atoms with Crippen molar-refractivity contribution in [3.63, 3.8) is 0 Å². The molecule has 1 aliphatic rings. The second-order valence-electron chi connectivity index (χ2n) is 6.10. The van der Waals surface area contributed by atoms with Gasteiger partial charge >= 0.3 is 5.97 Å². The zero-order chi connectivity index (χ0) is 21.1. The number of carbonyl (C=O) groups excluding carboxylic acids is 1. The predicted octanol–water partition coefficient (Wildman–Crippen LogP) is 6.35. The van der Waals surface area contributed by atoms with Gasteiger partial charge in [0.15, 0.2) is 17.3 Å². The highest BCUT2D eigenvalue weighted by Crippen LogP contribution is 2.31. The Kier molecular flexibility index (Phi) is 7.49. The number of nitrogens with zero attached hydrogens (tertiary/aromatic N) is 1. The van der Waals surface area contributed by atoms with Gasteiger partial charge < -0.3 is 9.47 Å². The van der Waals surface area contributed by atoms with Gasteiger partial charge in [-0.15, -0.1) is 0 Å². The molecule has 0 spiro atoms. The molecule has 152 valence electrons. The van der Waals surface area contributed by atoms with Crippen LogP contribution in [0.3, 0.4) is 0 Å². The first-order valence-corrected chi connectivity index (χ1v) is 11.1. The molecular formula is C20H14ClF2I2NO3. The molecule has 4 nitrogen and oxygen atoms in total. The number of ether oxygens (including phenoxy) is 2. The average molecular weight is 644 g/mol. The molecule has 0 atom stereocenters. The molecule has 0 saturated carbocycles. The molecule has 0 N–H and O–H groups in total. The van der Waals surface area contributed by atoms with Gasteiger partial charge in [0.05, 0.1) is 24.3 Å². The lowest BCUT2D eigenvalue weighted by molar-refractivity contribution is -0.129. The van der Waals surface area contributed by atoms with E-state index in [-0.39, 0.29) is 22.2 Å². The van der Waals surface area contributed by atoms with Crippen LogP contribution < -0.4 is 4.74 Å². The molecule has 0 bridgehead atoms. The van der Waals surface area contributed by atoms with Gasteiger partial charge in [-0.25, -0.2) is 18.6 Å². The summed E-state index contributed by atoms with van der Waals surface area (Å²) in [5.74, 6) is -2.27. The maximum absolute atomic E-state index is 13.5. The summed E-state index contributed by atoms with van der Waals surface area (Å²) in [4.78, 5) is 16.3. The van der Waals surface area contributed by atoms with Gasteiger partial charge in [0, 0.05) is 0 Å². The average Bonchev–Trinajstić information content (AvgIpc) is 3.01. The summed E-state index contributed by atoms with van der Waals surface area (Å²) in [5, 5.41) is -0.102. The van der Waals surface area contributed by atoms with Crippen LogP contribution in [0.15, 0.2) is 35.0 Å². The first-order valence-electron chi connectivity index (χ1n) is 8.59. The van der Waals surface area contributed by atoms with E-state index >= 15 is 0 Å². The third kappa shape index (κ3) is 5.26. The minimum Gasteiger partial charge on any atom is -0.491 e. The molecule has 0 radical (unpaired) electrons. The summed E-state index contributed by atoms with van der Waals surface area (Å²) in [5.41, 5.74) is 0.771. The van der Waals surface area contributed by atoms with Gasteiger partial charge in [-0.3, -0.25) is 0 Å². The van der Waals surface area contributed by atoms with E-state index in [9.17, 15) is 13.6 Å². The summed E-state index contributed by atoms with van der Waals surface area (Å²) in [6.07, 6.45) is 3.57. The van der Waals surface area contributed by atoms with Gasteiger partial charge in [0.2, 0.25) is 5.90 Å². The Labute approximate surface area is 198 Å². The predicted molar refractivity (Wildman–Crippen MR) is 124 cm³/mol. The van der Waals surface area contributed by atoms with Gasteiger partial charge in [0.25, 0.3) is 0 Å². The minimum absolute atomic E-state index is 0.00569. The Bertz CT molecular complexity index is 1020. The second kappa shape index (κ2) is 9.69. The van der Waals surface area contributed by atoms with Crippen LogP contribution in [0, 0.1) is 18.8 Å². The molecule has 0 saturated heterocycles. The van der Waals surface area contributed by atoms with Crippen LogP contribution in [-0.4, -0.2) is 18.5 Å². The smallest absolute Gasteiger partial charge is 0.363 e. The van der Waals surface area contributed by atoms with Crippen LogP contribution in [0.4, 0.5) is 8.78 Å². The quantitative estimate of drug-likeness (QED) is 0.121. The van der Waals surface area contributed by atoms with Gasteiger partial charge in [-0.2, -0.15) is 0 Å². The van der Waals surface area contributed by atoms with E-state index in [0.29, 0.717) is 6.61 Å². The summed E-state index contributed by atoms with van der Waals surface area (Å²) in [6.45, 7) is 2.73. The van der Waals surface area contributed by atoms with Crippen LogP contribution in [0.5, 0.6) is 5.75 Å². The number of esters is 1. The SMILES string of the molecule is CCCCOc1c(I)cc(/C=C2/N=C(c3cc(F)c(F)cc3Cl)OC2=O)cc1I. The Morgan fingerprint density at radius 3 is 2.48 bits per heavy atom. The van der Waals surface area contributed by atoms with Crippen LogP contribution in [0.25, 0.3) is 6.08 Å². The highest BCUT2D eigenvalue weighted by molar-refractivity contribution is 14.1. The molecule has 9 heteroatoms. The minimum atomic E-state index is -1.11. The number of hydrogen-bond acceptors (Lipinski definition) is 4. The monoisotopic (exact) mass is 643 g/mol. The number of benzene rings is 2. The van der Waals surface area contributed by atoms with Crippen LogP contribution in [0.2, 0.25) is 5.02 Å². The van der Waals surface area contributed by atoms with E-state index in [1.54, 1.807) is 6.08 Å². The van der Waals surface area contributed by atoms with E-state index in [1.165, 1.54) is 0 Å². The summed E-state index contributed by atoms with van der Waals surface area (Å²) in [7, 11) is 0. The number of rotatable bonds is 6. The van der Waals surface area contributed by atoms with E-state index in [0.717, 1.165) is 43.4 Å². The molecule has 1 heterocycles. The van der Waals surface area contributed by atoms with Crippen molar-refractivity contribution in [3.8, 4) is 5.75 Å². The molecule has 0 aliphatic carbocycles. The van der Waals surface area contributed by atoms with Crippen molar-refractivity contribution in [1.29, 1.82) is 0 Å². The standard InChI is InChI=1S/C20H14ClF2I2NO3/c1-2-3-4-28-18-15(24)5-10(6-16(18)25)7-17-20(27)29-19(26-17)11-8-13(22)14(23)9-12(11)21/h5-9H,2-4H2,1H3/b17-7+. The third-order valence-corrected chi connectivity index (χ3v) is 5.84. The molecule has 2 aromatic carbocycles. The largest absolute Gasteiger partial charge is 0.491 e. The molecule has 0 unspecified atom stereocenters. The first kappa shape index (κ1) is 22.4. The fourth-order valence-corrected chi connectivity index (χ4v) is 4.85. The maximum Gasteiger partial charge on any atom is 0.363 e. The molecule has 0 amide bonds. The topological polar surface area (TPSA) is 47.9 Å². The first-order chi connectivity index (χ1) is 13.8. The van der Waals surface area contributed by atoms with Gasteiger partial charge in [-0.05, 0) is 87.5 Å². The summed E-state index contributed by atoms with van der Waals surface area (Å²) >= 11 is 10.3. The van der Waals surface area contributed by atoms with Crippen LogP contribution >= 0.6 is 56.8 Å². The fraction of sp³-hybridized carbons (Fsp3) is 0.200. The molecule has 29 heavy (non-hydrogen) atoms. The Balaban J connectivity index is 1.91. The number of cyclic esters (lactones) is 1. The Hall–Kier alpha value is -1.27. The fourth-order valence-electron chi connectivity index (χ4n) is 2.49. The number of carbonyl (C=O) groups is 1. The van der Waals surface area contributed by atoms with Gasteiger partial charge in [0.1, 0.15) is 5.75 Å². The molecule has 0 fully saturated rings. The number of unbranched alkanes of at least 4 members (excludes halogenated alkanes) is 1. The van der Waals surface area contributed by atoms with Crippen molar-refractivity contribution in [2.75, 3.05) is 6.61 Å². The lowest BCUT2D eigenvalue weighted by Gasteiger charge is -2.11. The molecule has 2 aromatic rings. The van der Waals surface area contributed by atoms with E-state index in [2.05, 4.69) is 57.1 Å². The second-order valence-corrected chi connectivity index (χ2v) is 8.83. The van der Waals surface area contributed by atoms with E-state index in [4.69, 9.17) is 21.1 Å². The molecule has 3 rings (SSSR count). The molecule has 0 aromatic heterocycles. The van der Waals surface area contributed by atoms with Crippen molar-refractivity contribution in [3.05, 3.63) is 64.9 Å². The van der Waals surface area contributed by atoms with E-state index < -0.39 is 17.6 Å². The lowest BCUT2D eigenvalue weighted by Crippen LogP contribution is -2.07. The van der Waals surface area contributed by atoms with Crippen molar-refractivity contribution in [1.82, 2.24) is 0 Å². The highest BCUT2D eigenvalue weighted by Gasteiger charge is 2.27. The number of hydrogen-bond donors (Lipinski definition) is 0.